The number of ether oxygens (including phenoxy) is 2. The van der Waals surface area contributed by atoms with Crippen molar-refractivity contribution < 1.29 is 23.9 Å². The Kier molecular flexibility index (Phi) is 8.09. The summed E-state index contributed by atoms with van der Waals surface area (Å²) in [6, 6.07) is 14.9. The minimum atomic E-state index is -0.491. The Bertz CT molecular complexity index is 1130. The van der Waals surface area contributed by atoms with E-state index in [1.807, 2.05) is 62.4 Å². The van der Waals surface area contributed by atoms with Crippen LogP contribution in [0.25, 0.3) is 6.08 Å². The summed E-state index contributed by atoms with van der Waals surface area (Å²) < 4.78 is 11.4. The summed E-state index contributed by atoms with van der Waals surface area (Å²) in [5.41, 5.74) is 2.23. The largest absolute Gasteiger partial charge is 0.490 e. The van der Waals surface area contributed by atoms with E-state index in [0.717, 1.165) is 41.9 Å². The van der Waals surface area contributed by atoms with Crippen LogP contribution in [0.2, 0.25) is 0 Å². The Morgan fingerprint density at radius 2 is 1.86 bits per heavy atom. The number of nitrogens with zero attached hydrogens (tertiary/aromatic N) is 2. The van der Waals surface area contributed by atoms with Crippen molar-refractivity contribution in [3.63, 3.8) is 0 Å². The molecule has 2 saturated heterocycles. The average molecular weight is 496 g/mol. The van der Waals surface area contributed by atoms with Gasteiger partial charge in [-0.25, -0.2) is 0 Å². The third-order valence-corrected chi connectivity index (χ3v) is 6.72. The highest BCUT2D eigenvalue weighted by molar-refractivity contribution is 8.18. The van der Waals surface area contributed by atoms with Crippen molar-refractivity contribution in [1.29, 1.82) is 0 Å². The first-order valence-electron chi connectivity index (χ1n) is 11.7. The number of benzene rings is 2. The lowest BCUT2D eigenvalue weighted by Gasteiger charge is -2.30. The highest BCUT2D eigenvalue weighted by Gasteiger charge is 2.36. The van der Waals surface area contributed by atoms with Gasteiger partial charge in [0.15, 0.2) is 0 Å². The van der Waals surface area contributed by atoms with E-state index in [1.165, 1.54) is 0 Å². The zero-order valence-corrected chi connectivity index (χ0v) is 20.7. The highest BCUT2D eigenvalue weighted by atomic mass is 32.2. The van der Waals surface area contributed by atoms with Crippen molar-refractivity contribution in [1.82, 2.24) is 4.90 Å². The summed E-state index contributed by atoms with van der Waals surface area (Å²) in [5.74, 6) is -0.282. The van der Waals surface area contributed by atoms with Crippen LogP contribution in [-0.4, -0.2) is 60.9 Å². The Morgan fingerprint density at radius 3 is 2.63 bits per heavy atom. The number of carbonyl (C=O) groups is 3. The molecule has 2 fully saturated rings. The monoisotopic (exact) mass is 495 g/mol. The number of amides is 3. The zero-order valence-electron chi connectivity index (χ0n) is 19.9. The molecule has 8 nitrogen and oxygen atoms in total. The quantitative estimate of drug-likeness (QED) is 0.544. The number of hydrogen-bond acceptors (Lipinski definition) is 7. The molecule has 184 valence electrons. The maximum Gasteiger partial charge on any atom is 0.294 e. The predicted molar refractivity (Wildman–Crippen MR) is 138 cm³/mol. The fourth-order valence-electron chi connectivity index (χ4n) is 3.78. The maximum atomic E-state index is 13.0. The van der Waals surface area contributed by atoms with Crippen molar-refractivity contribution in [2.45, 2.75) is 26.4 Å². The first-order valence-corrected chi connectivity index (χ1v) is 12.5. The van der Waals surface area contributed by atoms with E-state index in [9.17, 15) is 14.4 Å². The fraction of sp³-hybridized carbons (Fsp3) is 0.346. The average Bonchev–Trinajstić information content (AvgIpc) is 3.13. The van der Waals surface area contributed by atoms with Crippen LogP contribution in [0.4, 0.5) is 16.2 Å². The molecule has 2 aromatic rings. The molecule has 1 N–H and O–H groups in total. The zero-order chi connectivity index (χ0) is 24.8. The molecule has 9 heteroatoms. The Labute approximate surface area is 209 Å². The molecular formula is C26H29N3O5S. The van der Waals surface area contributed by atoms with Gasteiger partial charge < -0.3 is 19.7 Å². The normalized spacial score (nSPS) is 18.2. The summed E-state index contributed by atoms with van der Waals surface area (Å²) in [6.07, 6.45) is 2.51. The third kappa shape index (κ3) is 6.04. The molecule has 0 saturated carbocycles. The van der Waals surface area contributed by atoms with Gasteiger partial charge in [-0.05, 0) is 49.4 Å². The van der Waals surface area contributed by atoms with E-state index in [4.69, 9.17) is 9.47 Å². The molecule has 35 heavy (non-hydrogen) atoms. The molecule has 0 bridgehead atoms. The van der Waals surface area contributed by atoms with E-state index < -0.39 is 17.1 Å². The van der Waals surface area contributed by atoms with Gasteiger partial charge in [0.05, 0.1) is 35.6 Å². The van der Waals surface area contributed by atoms with Crippen molar-refractivity contribution in [3.05, 3.63) is 59.0 Å². The molecule has 2 aliphatic rings. The molecular weight excluding hydrogens is 466 g/mol. The Balaban J connectivity index is 1.45. The summed E-state index contributed by atoms with van der Waals surface area (Å²) in [6.45, 7) is 6.34. The van der Waals surface area contributed by atoms with Gasteiger partial charge in [0.25, 0.3) is 11.1 Å². The van der Waals surface area contributed by atoms with E-state index in [1.54, 1.807) is 6.08 Å². The molecule has 0 aromatic heterocycles. The number of thioether (sulfide) groups is 1. The first kappa shape index (κ1) is 24.8. The van der Waals surface area contributed by atoms with E-state index >= 15 is 0 Å². The molecule has 0 aliphatic carbocycles. The smallest absolute Gasteiger partial charge is 0.294 e. The molecule has 1 atom stereocenters. The second-order valence-corrected chi connectivity index (χ2v) is 9.30. The molecule has 2 aliphatic heterocycles. The van der Waals surface area contributed by atoms with Crippen molar-refractivity contribution in [2.24, 2.45) is 0 Å². The predicted octanol–water partition coefficient (Wildman–Crippen LogP) is 4.38. The fourth-order valence-corrected chi connectivity index (χ4v) is 4.61. The van der Waals surface area contributed by atoms with E-state index in [0.29, 0.717) is 30.2 Å². The number of morpholine rings is 1. The number of imide groups is 1. The summed E-state index contributed by atoms with van der Waals surface area (Å²) in [7, 11) is 0. The van der Waals surface area contributed by atoms with Crippen molar-refractivity contribution in [3.8, 4) is 5.75 Å². The number of anilines is 2. The van der Waals surface area contributed by atoms with Crippen molar-refractivity contribution >= 4 is 46.3 Å². The van der Waals surface area contributed by atoms with Crippen molar-refractivity contribution in [2.75, 3.05) is 43.1 Å². The van der Waals surface area contributed by atoms with Crippen LogP contribution < -0.4 is 15.0 Å². The maximum absolute atomic E-state index is 13.0. The summed E-state index contributed by atoms with van der Waals surface area (Å²) in [5, 5.41) is 2.39. The number of nitrogens with one attached hydrogen (secondary N) is 1. The number of hydrogen-bond donors (Lipinski definition) is 1. The Morgan fingerprint density at radius 1 is 1.14 bits per heavy atom. The van der Waals surface area contributed by atoms with Gasteiger partial charge in [0.1, 0.15) is 12.3 Å². The standard InChI is InChI=1S/C26H29N3O5S/c1-3-18(2)34-22-11-7-4-8-19(22)16-23-25(31)29(26(32)35-23)17-24(30)27-20-9-5-6-10-21(20)28-12-14-33-15-13-28/h4-11,16,18H,3,12-15,17H2,1-2H3,(H,27,30)/b23-16+/t18-/m0/s1. The van der Waals surface area contributed by atoms with Crippen LogP contribution in [0.3, 0.4) is 0 Å². The van der Waals surface area contributed by atoms with Crippen LogP contribution >= 0.6 is 11.8 Å². The second-order valence-electron chi connectivity index (χ2n) is 8.31. The van der Waals surface area contributed by atoms with Crippen LogP contribution in [-0.2, 0) is 14.3 Å². The van der Waals surface area contributed by atoms with Crippen LogP contribution in [0.5, 0.6) is 5.75 Å². The highest BCUT2D eigenvalue weighted by Crippen LogP contribution is 2.34. The van der Waals surface area contributed by atoms with E-state index in [2.05, 4.69) is 10.2 Å². The van der Waals surface area contributed by atoms with Gasteiger partial charge in [-0.15, -0.1) is 0 Å². The van der Waals surface area contributed by atoms with E-state index in [-0.39, 0.29) is 17.6 Å². The first-order chi connectivity index (χ1) is 17.0. The molecule has 0 unspecified atom stereocenters. The molecule has 4 rings (SSSR count). The van der Waals surface area contributed by atoms with Crippen LogP contribution in [0.15, 0.2) is 53.4 Å². The minimum absolute atomic E-state index is 0.0173. The number of rotatable bonds is 8. The molecule has 2 aromatic carbocycles. The van der Waals surface area contributed by atoms with Crippen LogP contribution in [0.1, 0.15) is 25.8 Å². The molecule has 0 radical (unpaired) electrons. The molecule has 3 amide bonds. The minimum Gasteiger partial charge on any atom is -0.490 e. The van der Waals surface area contributed by atoms with Gasteiger partial charge in [-0.1, -0.05) is 37.3 Å². The van der Waals surface area contributed by atoms with Gasteiger partial charge in [0.2, 0.25) is 5.91 Å². The van der Waals surface area contributed by atoms with Gasteiger partial charge in [-0.2, -0.15) is 0 Å². The second kappa shape index (κ2) is 11.4. The summed E-state index contributed by atoms with van der Waals surface area (Å²) >= 11 is 0.825. The summed E-state index contributed by atoms with van der Waals surface area (Å²) in [4.78, 5) is 41.8. The molecule has 2 heterocycles. The number of para-hydroxylation sites is 3. The molecule has 0 spiro atoms. The van der Waals surface area contributed by atoms with Gasteiger partial charge in [0, 0.05) is 18.7 Å². The lowest BCUT2D eigenvalue weighted by atomic mass is 10.1. The lowest BCUT2D eigenvalue weighted by molar-refractivity contribution is -0.127. The topological polar surface area (TPSA) is 88.2 Å². The van der Waals surface area contributed by atoms with Crippen LogP contribution in [0, 0.1) is 0 Å². The SMILES string of the molecule is CC[C@H](C)Oc1ccccc1/C=C1/SC(=O)N(CC(=O)Nc2ccccc2N2CCOCC2)C1=O. The number of carbonyl (C=O) groups excluding carboxylic acids is 3. The Hall–Kier alpha value is -3.30. The van der Waals surface area contributed by atoms with Gasteiger partial charge in [-0.3, -0.25) is 19.3 Å². The van der Waals surface area contributed by atoms with Gasteiger partial charge >= 0.3 is 0 Å². The lowest BCUT2D eigenvalue weighted by Crippen LogP contribution is -2.38. The third-order valence-electron chi connectivity index (χ3n) is 5.81.